The van der Waals surface area contributed by atoms with E-state index in [4.69, 9.17) is 0 Å². The van der Waals surface area contributed by atoms with E-state index >= 15 is 0 Å². The highest BCUT2D eigenvalue weighted by atomic mass is 32.1. The second-order valence-electron chi connectivity index (χ2n) is 4.49. The van der Waals surface area contributed by atoms with E-state index in [1.807, 2.05) is 6.07 Å². The molecule has 0 aliphatic rings. The molecule has 0 aliphatic carbocycles. The van der Waals surface area contributed by atoms with E-state index in [1.54, 1.807) is 24.4 Å². The average Bonchev–Trinajstić information content (AvgIpc) is 3.11. The van der Waals surface area contributed by atoms with Crippen LogP contribution in [0.1, 0.15) is 16.3 Å². The predicted octanol–water partition coefficient (Wildman–Crippen LogP) is 4.71. The van der Waals surface area contributed by atoms with Crippen LogP contribution < -0.4 is 0 Å². The molecule has 1 aromatic carbocycles. The van der Waals surface area contributed by atoms with E-state index in [0.717, 1.165) is 29.2 Å². The Hall–Kier alpha value is -2.59. The molecule has 22 heavy (non-hydrogen) atoms. The van der Waals surface area contributed by atoms with Crippen LogP contribution in [0.5, 0.6) is 0 Å². The number of fused-ring (bicyclic) bond motifs is 1. The van der Waals surface area contributed by atoms with E-state index in [2.05, 4.69) is 9.97 Å². The van der Waals surface area contributed by atoms with Gasteiger partial charge in [0.15, 0.2) is 0 Å². The highest BCUT2D eigenvalue weighted by molar-refractivity contribution is 7.19. The molecule has 0 aliphatic heterocycles. The third kappa shape index (κ3) is 2.73. The monoisotopic (exact) mass is 319 g/mol. The fourth-order valence-corrected chi connectivity index (χ4v) is 2.92. The van der Waals surface area contributed by atoms with Gasteiger partial charge in [-0.1, -0.05) is 0 Å². The first kappa shape index (κ1) is 14.4. The average molecular weight is 319 g/mol. The van der Waals surface area contributed by atoms with Crippen molar-refractivity contribution in [1.82, 2.24) is 9.97 Å². The van der Waals surface area contributed by atoms with Gasteiger partial charge in [-0.2, -0.15) is 18.4 Å². The number of rotatable bonds is 2. The number of nitriles is 1. The number of halogens is 3. The van der Waals surface area contributed by atoms with Crippen LogP contribution in [-0.4, -0.2) is 9.97 Å². The van der Waals surface area contributed by atoms with Gasteiger partial charge in [-0.15, -0.1) is 11.3 Å². The van der Waals surface area contributed by atoms with Crippen LogP contribution in [0.4, 0.5) is 13.2 Å². The first-order valence-corrected chi connectivity index (χ1v) is 7.02. The number of thiazole rings is 1. The Morgan fingerprint density at radius 2 is 2.14 bits per heavy atom. The van der Waals surface area contributed by atoms with Gasteiger partial charge in [0.1, 0.15) is 11.1 Å². The zero-order chi connectivity index (χ0) is 15.7. The molecular weight excluding hydrogens is 311 g/mol. The van der Waals surface area contributed by atoms with Crippen LogP contribution >= 0.6 is 11.3 Å². The van der Waals surface area contributed by atoms with Crippen molar-refractivity contribution in [3.63, 3.8) is 0 Å². The predicted molar refractivity (Wildman–Crippen MR) is 78.9 cm³/mol. The summed E-state index contributed by atoms with van der Waals surface area (Å²) in [5.74, 6) is 0. The van der Waals surface area contributed by atoms with E-state index in [1.165, 1.54) is 6.07 Å². The number of alkyl halides is 3. The summed E-state index contributed by atoms with van der Waals surface area (Å²) in [6.07, 6.45) is -1.06. The zero-order valence-corrected chi connectivity index (χ0v) is 11.8. The summed E-state index contributed by atoms with van der Waals surface area (Å²) in [7, 11) is 0. The molecule has 0 bridgehead atoms. The Balaban J connectivity index is 2.07. The maximum atomic E-state index is 12.7. The summed E-state index contributed by atoms with van der Waals surface area (Å²) in [6.45, 7) is 0. The van der Waals surface area contributed by atoms with Crippen LogP contribution in [0.2, 0.25) is 0 Å². The number of hydrogen-bond donors (Lipinski definition) is 1. The quantitative estimate of drug-likeness (QED) is 0.696. The fraction of sp³-hybridized carbons (Fsp3) is 0.0667. The second-order valence-corrected chi connectivity index (χ2v) is 5.53. The molecule has 3 nitrogen and oxygen atoms in total. The minimum Gasteiger partial charge on any atom is -0.362 e. The highest BCUT2D eigenvalue weighted by Gasteiger charge is 2.30. The Morgan fingerprint density at radius 3 is 2.77 bits per heavy atom. The van der Waals surface area contributed by atoms with Crippen molar-refractivity contribution in [2.75, 3.05) is 0 Å². The molecule has 3 aromatic rings. The van der Waals surface area contributed by atoms with Crippen molar-refractivity contribution in [2.24, 2.45) is 0 Å². The maximum absolute atomic E-state index is 12.7. The highest BCUT2D eigenvalue weighted by Crippen LogP contribution is 2.34. The summed E-state index contributed by atoms with van der Waals surface area (Å²) in [6, 6.07) is 8.97. The summed E-state index contributed by atoms with van der Waals surface area (Å²) in [4.78, 5) is 7.17. The number of nitrogens with zero attached hydrogens (tertiary/aromatic N) is 2. The van der Waals surface area contributed by atoms with Crippen LogP contribution in [0.15, 0.2) is 36.5 Å². The smallest absolute Gasteiger partial charge is 0.362 e. The molecule has 2 heterocycles. The molecule has 0 amide bonds. The second kappa shape index (κ2) is 5.31. The molecule has 7 heteroatoms. The van der Waals surface area contributed by atoms with Crippen LogP contribution in [-0.2, 0) is 6.18 Å². The summed E-state index contributed by atoms with van der Waals surface area (Å²) in [5, 5.41) is 9.64. The number of nitrogens with one attached hydrogen (secondary N) is 1. The Bertz CT molecular complexity index is 883. The first-order chi connectivity index (χ1) is 10.5. The Labute approximate surface area is 127 Å². The lowest BCUT2D eigenvalue weighted by Gasteiger charge is -2.04. The van der Waals surface area contributed by atoms with Crippen molar-refractivity contribution in [2.45, 2.75) is 6.18 Å². The van der Waals surface area contributed by atoms with Crippen LogP contribution in [0, 0.1) is 11.3 Å². The standard InChI is InChI=1S/C15H8F3N3S/c16-15(17,18)10-3-4-12-13(7-10)22-14(21-12)9(8-19)6-11-2-1-5-20-11/h1-7,20H. The normalized spacial score (nSPS) is 12.5. The minimum atomic E-state index is -4.39. The van der Waals surface area contributed by atoms with Crippen molar-refractivity contribution in [1.29, 1.82) is 5.26 Å². The lowest BCUT2D eigenvalue weighted by molar-refractivity contribution is -0.137. The molecule has 1 N–H and O–H groups in total. The number of aromatic nitrogens is 2. The topological polar surface area (TPSA) is 52.5 Å². The molecule has 0 saturated heterocycles. The van der Waals surface area contributed by atoms with E-state index in [-0.39, 0.29) is 0 Å². The van der Waals surface area contributed by atoms with Gasteiger partial charge >= 0.3 is 6.18 Å². The molecule has 0 fully saturated rings. The Kier molecular flexibility index (Phi) is 3.47. The van der Waals surface area contributed by atoms with Crippen LogP contribution in [0.25, 0.3) is 21.9 Å². The van der Waals surface area contributed by atoms with Crippen LogP contribution in [0.3, 0.4) is 0 Å². The maximum Gasteiger partial charge on any atom is 0.416 e. The molecule has 0 radical (unpaired) electrons. The van der Waals surface area contributed by atoms with Gasteiger partial charge in [0.25, 0.3) is 0 Å². The van der Waals surface area contributed by atoms with Gasteiger partial charge in [-0.3, -0.25) is 0 Å². The number of H-pyrrole nitrogens is 1. The van der Waals surface area contributed by atoms with Gasteiger partial charge in [-0.05, 0) is 36.4 Å². The molecule has 110 valence electrons. The van der Waals surface area contributed by atoms with Gasteiger partial charge < -0.3 is 4.98 Å². The zero-order valence-electron chi connectivity index (χ0n) is 11.0. The van der Waals surface area contributed by atoms with Gasteiger partial charge in [-0.25, -0.2) is 4.98 Å². The third-order valence-electron chi connectivity index (χ3n) is 2.99. The lowest BCUT2D eigenvalue weighted by atomic mass is 10.2. The van der Waals surface area contributed by atoms with Crippen molar-refractivity contribution < 1.29 is 13.2 Å². The SMILES string of the molecule is N#CC(=Cc1ccc[nH]1)c1nc2ccc(C(F)(F)F)cc2s1. The number of hydrogen-bond acceptors (Lipinski definition) is 3. The summed E-state index contributed by atoms with van der Waals surface area (Å²) < 4.78 is 38.5. The molecule has 0 saturated carbocycles. The number of aromatic amines is 1. The molecule has 0 atom stereocenters. The third-order valence-corrected chi connectivity index (χ3v) is 4.04. The largest absolute Gasteiger partial charge is 0.416 e. The fourth-order valence-electron chi connectivity index (χ4n) is 1.95. The molecule has 0 spiro atoms. The first-order valence-electron chi connectivity index (χ1n) is 6.21. The van der Waals surface area contributed by atoms with Gasteiger partial charge in [0, 0.05) is 11.9 Å². The van der Waals surface area contributed by atoms with E-state index < -0.39 is 11.7 Å². The molecular formula is C15H8F3N3S. The van der Waals surface area contributed by atoms with E-state index in [9.17, 15) is 18.4 Å². The lowest BCUT2D eigenvalue weighted by Crippen LogP contribution is -2.03. The minimum absolute atomic E-state index is 0.303. The summed E-state index contributed by atoms with van der Waals surface area (Å²) >= 11 is 1.07. The van der Waals surface area contributed by atoms with E-state index in [0.29, 0.717) is 20.8 Å². The van der Waals surface area contributed by atoms with Crippen molar-refractivity contribution in [3.05, 3.63) is 52.8 Å². The summed E-state index contributed by atoms with van der Waals surface area (Å²) in [5.41, 5.74) is 0.756. The van der Waals surface area contributed by atoms with Crippen molar-refractivity contribution >= 4 is 33.2 Å². The Morgan fingerprint density at radius 1 is 1.32 bits per heavy atom. The van der Waals surface area contributed by atoms with Gasteiger partial charge in [0.2, 0.25) is 0 Å². The molecule has 2 aromatic heterocycles. The number of benzene rings is 1. The molecule has 0 unspecified atom stereocenters. The molecule has 3 rings (SSSR count). The number of allylic oxidation sites excluding steroid dienone is 1. The van der Waals surface area contributed by atoms with Crippen molar-refractivity contribution in [3.8, 4) is 6.07 Å². The van der Waals surface area contributed by atoms with Gasteiger partial charge in [0.05, 0.1) is 21.4 Å².